The van der Waals surface area contributed by atoms with E-state index in [1.165, 1.54) is 77.5 Å². The lowest BCUT2D eigenvalue weighted by atomic mass is 9.96. The standard InChI is InChI=1S/C37H30N2/c1-4-24(2)28-21-22-33-32(23-28)36-31(14-10-15-34(36)38-33)26-17-19-27(20-18-26)37-25(3)30-13-8-9-16-35(30)39(37)29-11-6-5-7-12-29/h4-23,38H,1-3H3/b24-4+. The van der Waals surface area contributed by atoms with E-state index in [1.54, 1.807) is 0 Å². The molecule has 1 N–H and O–H groups in total. The number of benzene rings is 5. The maximum atomic E-state index is 3.63. The number of H-pyrrole nitrogens is 1. The number of aryl methyl sites for hydroxylation is 1. The zero-order valence-corrected chi connectivity index (χ0v) is 22.5. The number of nitrogens with one attached hydrogen (secondary N) is 1. The van der Waals surface area contributed by atoms with Crippen LogP contribution in [0.15, 0.2) is 121 Å². The minimum absolute atomic E-state index is 1.17. The third-order valence-corrected chi connectivity index (χ3v) is 8.12. The van der Waals surface area contributed by atoms with Gasteiger partial charge in [0.15, 0.2) is 0 Å². The van der Waals surface area contributed by atoms with Crippen molar-refractivity contribution in [1.29, 1.82) is 0 Å². The molecule has 0 aliphatic carbocycles. The summed E-state index contributed by atoms with van der Waals surface area (Å²) < 4.78 is 2.39. The van der Waals surface area contributed by atoms with Crippen molar-refractivity contribution in [2.45, 2.75) is 20.8 Å². The Bertz CT molecular complexity index is 2020. The highest BCUT2D eigenvalue weighted by Crippen LogP contribution is 2.39. The highest BCUT2D eigenvalue weighted by Gasteiger charge is 2.17. The van der Waals surface area contributed by atoms with Gasteiger partial charge in [-0.15, -0.1) is 0 Å². The molecule has 0 saturated carbocycles. The van der Waals surface area contributed by atoms with E-state index < -0.39 is 0 Å². The van der Waals surface area contributed by atoms with Crippen LogP contribution in [-0.2, 0) is 0 Å². The Kier molecular flexibility index (Phi) is 5.49. The zero-order valence-electron chi connectivity index (χ0n) is 22.5. The molecule has 0 aliphatic rings. The van der Waals surface area contributed by atoms with Crippen LogP contribution in [0.5, 0.6) is 0 Å². The number of nitrogens with zero attached hydrogens (tertiary/aromatic N) is 1. The molecule has 0 radical (unpaired) electrons. The van der Waals surface area contributed by atoms with Gasteiger partial charge >= 0.3 is 0 Å². The third kappa shape index (κ3) is 3.72. The molecule has 0 unspecified atom stereocenters. The van der Waals surface area contributed by atoms with Gasteiger partial charge in [-0.2, -0.15) is 0 Å². The summed E-state index contributed by atoms with van der Waals surface area (Å²) in [5.41, 5.74) is 13.5. The molecule has 2 nitrogen and oxygen atoms in total. The van der Waals surface area contributed by atoms with E-state index in [2.05, 4.69) is 152 Å². The summed E-state index contributed by atoms with van der Waals surface area (Å²) in [6, 6.07) is 41.8. The molecule has 2 aromatic heterocycles. The van der Waals surface area contributed by atoms with Crippen LogP contribution in [0.2, 0.25) is 0 Å². The Labute approximate surface area is 228 Å². The first-order chi connectivity index (χ1) is 19.1. The fraction of sp³-hybridized carbons (Fsp3) is 0.0811. The van der Waals surface area contributed by atoms with Gasteiger partial charge in [0.1, 0.15) is 0 Å². The van der Waals surface area contributed by atoms with Gasteiger partial charge in [-0.1, -0.05) is 84.9 Å². The molecular weight excluding hydrogens is 472 g/mol. The summed E-state index contributed by atoms with van der Waals surface area (Å²) in [6.07, 6.45) is 2.17. The molecule has 0 saturated heterocycles. The predicted molar refractivity (Wildman–Crippen MR) is 168 cm³/mol. The molecular formula is C37H30N2. The quantitative estimate of drug-likeness (QED) is 0.247. The lowest BCUT2D eigenvalue weighted by molar-refractivity contribution is 1.13. The van der Waals surface area contributed by atoms with Crippen LogP contribution in [0.4, 0.5) is 0 Å². The summed E-state index contributed by atoms with van der Waals surface area (Å²) in [5, 5.41) is 3.83. The maximum Gasteiger partial charge on any atom is 0.0570 e. The van der Waals surface area contributed by atoms with Crippen molar-refractivity contribution in [2.75, 3.05) is 0 Å². The highest BCUT2D eigenvalue weighted by atomic mass is 15.0. The maximum absolute atomic E-state index is 3.63. The molecule has 188 valence electrons. The highest BCUT2D eigenvalue weighted by molar-refractivity contribution is 6.14. The second kappa shape index (κ2) is 9.18. The Morgan fingerprint density at radius 2 is 1.44 bits per heavy atom. The van der Waals surface area contributed by atoms with E-state index in [4.69, 9.17) is 0 Å². The van der Waals surface area contributed by atoms with E-state index in [1.807, 2.05) is 0 Å². The SMILES string of the molecule is C/C=C(\C)c1ccc2[nH]c3cccc(-c4ccc(-c5c(C)c6ccccc6n5-c5ccccc5)cc4)c3c2c1. The van der Waals surface area contributed by atoms with E-state index in [0.717, 1.165) is 0 Å². The smallest absolute Gasteiger partial charge is 0.0570 e. The summed E-state index contributed by atoms with van der Waals surface area (Å²) in [6.45, 7) is 6.51. The van der Waals surface area contributed by atoms with Crippen molar-refractivity contribution in [3.05, 3.63) is 132 Å². The third-order valence-electron chi connectivity index (χ3n) is 8.12. The molecule has 7 aromatic rings. The number of fused-ring (bicyclic) bond motifs is 4. The van der Waals surface area contributed by atoms with Gasteiger partial charge in [-0.05, 0) is 90.6 Å². The molecule has 2 heteroatoms. The molecule has 0 atom stereocenters. The fourth-order valence-electron chi connectivity index (χ4n) is 6.00. The summed E-state index contributed by atoms with van der Waals surface area (Å²) in [5.74, 6) is 0. The van der Waals surface area contributed by atoms with Gasteiger partial charge in [0.05, 0.1) is 11.2 Å². The molecule has 2 heterocycles. The van der Waals surface area contributed by atoms with Crippen molar-refractivity contribution in [1.82, 2.24) is 9.55 Å². The first kappa shape index (κ1) is 23.3. The van der Waals surface area contributed by atoms with E-state index >= 15 is 0 Å². The van der Waals surface area contributed by atoms with E-state index in [0.29, 0.717) is 0 Å². The van der Waals surface area contributed by atoms with Crippen molar-refractivity contribution >= 4 is 38.3 Å². The molecule has 39 heavy (non-hydrogen) atoms. The van der Waals surface area contributed by atoms with Gasteiger partial charge in [0.2, 0.25) is 0 Å². The van der Waals surface area contributed by atoms with Crippen LogP contribution in [0.3, 0.4) is 0 Å². The van der Waals surface area contributed by atoms with Crippen molar-refractivity contribution < 1.29 is 0 Å². The van der Waals surface area contributed by atoms with E-state index in [9.17, 15) is 0 Å². The fourth-order valence-corrected chi connectivity index (χ4v) is 6.00. The molecule has 0 spiro atoms. The number of hydrogen-bond acceptors (Lipinski definition) is 0. The largest absolute Gasteiger partial charge is 0.354 e. The molecule has 7 rings (SSSR count). The summed E-state index contributed by atoms with van der Waals surface area (Å²) in [4.78, 5) is 3.63. The number of para-hydroxylation sites is 2. The first-order valence-electron chi connectivity index (χ1n) is 13.6. The minimum Gasteiger partial charge on any atom is -0.354 e. The molecule has 5 aromatic carbocycles. The Hall–Kier alpha value is -4.82. The Morgan fingerprint density at radius 1 is 0.692 bits per heavy atom. The molecule has 0 amide bonds. The molecule has 0 fully saturated rings. The first-order valence-corrected chi connectivity index (χ1v) is 13.6. The topological polar surface area (TPSA) is 20.7 Å². The van der Waals surface area contributed by atoms with Crippen LogP contribution in [0.25, 0.3) is 66.4 Å². The average Bonchev–Trinajstić information content (AvgIpc) is 3.52. The lowest BCUT2D eigenvalue weighted by Gasteiger charge is -2.13. The van der Waals surface area contributed by atoms with Crippen molar-refractivity contribution in [3.63, 3.8) is 0 Å². The zero-order chi connectivity index (χ0) is 26.5. The minimum atomic E-state index is 1.17. The molecule has 0 bridgehead atoms. The summed E-state index contributed by atoms with van der Waals surface area (Å²) >= 11 is 0. The number of aromatic amines is 1. The monoisotopic (exact) mass is 502 g/mol. The van der Waals surface area contributed by atoms with Crippen molar-refractivity contribution in [3.8, 4) is 28.1 Å². The van der Waals surface area contributed by atoms with Gasteiger partial charge in [-0.25, -0.2) is 0 Å². The number of hydrogen-bond donors (Lipinski definition) is 1. The number of aromatic nitrogens is 2. The van der Waals surface area contributed by atoms with Crippen LogP contribution in [0, 0.1) is 6.92 Å². The lowest BCUT2D eigenvalue weighted by Crippen LogP contribution is -1.97. The second-order valence-electron chi connectivity index (χ2n) is 10.3. The second-order valence-corrected chi connectivity index (χ2v) is 10.3. The average molecular weight is 503 g/mol. The van der Waals surface area contributed by atoms with Gasteiger partial charge in [0, 0.05) is 32.9 Å². The van der Waals surface area contributed by atoms with Crippen LogP contribution in [-0.4, -0.2) is 9.55 Å². The Balaban J connectivity index is 1.40. The molecule has 0 aliphatic heterocycles. The van der Waals surface area contributed by atoms with Crippen LogP contribution in [0.1, 0.15) is 25.0 Å². The van der Waals surface area contributed by atoms with Gasteiger partial charge < -0.3 is 9.55 Å². The van der Waals surface area contributed by atoms with E-state index in [-0.39, 0.29) is 0 Å². The van der Waals surface area contributed by atoms with Gasteiger partial charge in [0.25, 0.3) is 0 Å². The summed E-state index contributed by atoms with van der Waals surface area (Å²) in [7, 11) is 0. The number of rotatable bonds is 4. The normalized spacial score (nSPS) is 12.1. The van der Waals surface area contributed by atoms with Gasteiger partial charge in [-0.3, -0.25) is 0 Å². The van der Waals surface area contributed by atoms with Crippen LogP contribution < -0.4 is 0 Å². The van der Waals surface area contributed by atoms with Crippen molar-refractivity contribution in [2.24, 2.45) is 0 Å². The predicted octanol–water partition coefficient (Wildman–Crippen LogP) is 10.3. The van der Waals surface area contributed by atoms with Crippen LogP contribution >= 0.6 is 0 Å². The number of allylic oxidation sites excluding steroid dienone is 2. The Morgan fingerprint density at radius 3 is 2.23 bits per heavy atom.